The van der Waals surface area contributed by atoms with Crippen LogP contribution in [0, 0.1) is 5.92 Å². The zero-order valence-electron chi connectivity index (χ0n) is 12.6. The van der Waals surface area contributed by atoms with Crippen LogP contribution in [0.25, 0.3) is 0 Å². The van der Waals surface area contributed by atoms with Gasteiger partial charge in [-0.15, -0.1) is 0 Å². The van der Waals surface area contributed by atoms with Crippen LogP contribution in [0.3, 0.4) is 0 Å². The van der Waals surface area contributed by atoms with Crippen molar-refractivity contribution in [1.29, 1.82) is 0 Å². The Kier molecular flexibility index (Phi) is 4.40. The summed E-state index contributed by atoms with van der Waals surface area (Å²) in [5.74, 6) is -0.451. The topological polar surface area (TPSA) is 66.5 Å². The molecular weight excluding hydrogens is 268 g/mol. The zero-order valence-corrected chi connectivity index (χ0v) is 12.6. The van der Waals surface area contributed by atoms with Crippen LogP contribution in [0.5, 0.6) is 0 Å². The van der Waals surface area contributed by atoms with Gasteiger partial charge in [-0.05, 0) is 45.0 Å². The van der Waals surface area contributed by atoms with Crippen molar-refractivity contribution in [2.24, 2.45) is 5.92 Å². The quantitative estimate of drug-likeness (QED) is 0.863. The molecule has 2 amide bonds. The molecule has 0 aromatic heterocycles. The number of likely N-dealkylation sites (tertiary alicyclic amines) is 1. The predicted octanol–water partition coefficient (Wildman–Crippen LogP) is 2.08. The number of hydrogen-bond donors (Lipinski definition) is 1. The van der Waals surface area contributed by atoms with E-state index >= 15 is 0 Å². The highest BCUT2D eigenvalue weighted by Gasteiger charge is 2.35. The summed E-state index contributed by atoms with van der Waals surface area (Å²) in [4.78, 5) is 36.9. The minimum absolute atomic E-state index is 0.0122. The summed E-state index contributed by atoms with van der Waals surface area (Å²) in [6.45, 7) is 5.85. The fourth-order valence-corrected chi connectivity index (χ4v) is 2.44. The van der Waals surface area contributed by atoms with Gasteiger partial charge in [-0.2, -0.15) is 0 Å². The molecule has 1 aliphatic heterocycles. The van der Waals surface area contributed by atoms with E-state index in [0.29, 0.717) is 17.8 Å². The van der Waals surface area contributed by atoms with Crippen LogP contribution in [0.4, 0.5) is 5.69 Å². The van der Waals surface area contributed by atoms with E-state index in [4.69, 9.17) is 0 Å². The zero-order chi connectivity index (χ0) is 15.6. The molecule has 0 bridgehead atoms. The summed E-state index contributed by atoms with van der Waals surface area (Å²) >= 11 is 0. The van der Waals surface area contributed by atoms with Gasteiger partial charge in [0.1, 0.15) is 0 Å². The van der Waals surface area contributed by atoms with Gasteiger partial charge in [0.2, 0.25) is 11.8 Å². The number of carbonyl (C=O) groups excluding carboxylic acids is 3. The molecule has 0 spiro atoms. The molecule has 5 heteroatoms. The molecule has 1 fully saturated rings. The van der Waals surface area contributed by atoms with Crippen LogP contribution in [-0.2, 0) is 9.59 Å². The number of hydrogen-bond acceptors (Lipinski definition) is 3. The van der Waals surface area contributed by atoms with Gasteiger partial charge in [-0.1, -0.05) is 0 Å². The van der Waals surface area contributed by atoms with E-state index in [1.54, 1.807) is 29.2 Å². The van der Waals surface area contributed by atoms with Crippen LogP contribution < -0.4 is 5.32 Å². The van der Waals surface area contributed by atoms with Crippen LogP contribution in [0.15, 0.2) is 24.3 Å². The molecule has 1 atom stereocenters. The molecule has 1 heterocycles. The molecule has 1 aromatic rings. The summed E-state index contributed by atoms with van der Waals surface area (Å²) < 4.78 is 0. The third kappa shape index (κ3) is 3.48. The molecule has 0 radical (unpaired) electrons. The van der Waals surface area contributed by atoms with E-state index < -0.39 is 0 Å². The average Bonchev–Trinajstić information content (AvgIpc) is 2.81. The number of ketones is 1. The fraction of sp³-hybridized carbons (Fsp3) is 0.438. The van der Waals surface area contributed by atoms with Gasteiger partial charge in [0.15, 0.2) is 5.78 Å². The fourth-order valence-electron chi connectivity index (χ4n) is 2.44. The van der Waals surface area contributed by atoms with Crippen LogP contribution in [-0.4, -0.2) is 35.1 Å². The van der Waals surface area contributed by atoms with Gasteiger partial charge < -0.3 is 10.2 Å². The van der Waals surface area contributed by atoms with Gasteiger partial charge in [-0.3, -0.25) is 14.4 Å². The number of carbonyl (C=O) groups is 3. The monoisotopic (exact) mass is 288 g/mol. The Balaban J connectivity index is 1.99. The van der Waals surface area contributed by atoms with Gasteiger partial charge in [0, 0.05) is 30.3 Å². The molecule has 0 unspecified atom stereocenters. The molecule has 1 N–H and O–H groups in total. The van der Waals surface area contributed by atoms with Crippen molar-refractivity contribution in [1.82, 2.24) is 4.90 Å². The van der Waals surface area contributed by atoms with Crippen molar-refractivity contribution in [3.63, 3.8) is 0 Å². The lowest BCUT2D eigenvalue weighted by Gasteiger charge is -2.20. The maximum Gasteiger partial charge on any atom is 0.229 e. The maximum atomic E-state index is 12.2. The Morgan fingerprint density at radius 3 is 2.33 bits per heavy atom. The molecule has 5 nitrogen and oxygen atoms in total. The normalized spacial score (nSPS) is 18.2. The number of nitrogens with one attached hydrogen (secondary N) is 1. The third-order valence-corrected chi connectivity index (χ3v) is 3.71. The molecule has 0 saturated carbocycles. The molecular formula is C16H20N2O3. The van der Waals surface area contributed by atoms with Gasteiger partial charge in [0.05, 0.1) is 5.92 Å². The van der Waals surface area contributed by atoms with Gasteiger partial charge >= 0.3 is 0 Å². The van der Waals surface area contributed by atoms with Crippen LogP contribution >= 0.6 is 0 Å². The standard InChI is InChI=1S/C16H20N2O3/c1-10(2)18-9-13(8-15(18)20)16(21)17-14-6-4-12(5-7-14)11(3)19/h4-7,10,13H,8-9H2,1-3H3,(H,17,21)/t13-/m0/s1. The maximum absolute atomic E-state index is 12.2. The highest BCUT2D eigenvalue weighted by atomic mass is 16.2. The smallest absolute Gasteiger partial charge is 0.229 e. The summed E-state index contributed by atoms with van der Waals surface area (Å²) in [6, 6.07) is 6.87. The second-order valence-electron chi connectivity index (χ2n) is 5.66. The first-order valence-corrected chi connectivity index (χ1v) is 7.10. The van der Waals surface area contributed by atoms with Crippen LogP contribution in [0.1, 0.15) is 37.6 Å². The summed E-state index contributed by atoms with van der Waals surface area (Å²) in [5.41, 5.74) is 1.25. The predicted molar refractivity (Wildman–Crippen MR) is 80.0 cm³/mol. The van der Waals surface area contributed by atoms with E-state index in [-0.39, 0.29) is 36.0 Å². The Hall–Kier alpha value is -2.17. The second kappa shape index (κ2) is 6.08. The number of nitrogens with zero attached hydrogens (tertiary/aromatic N) is 1. The van der Waals surface area contributed by atoms with Crippen LogP contribution in [0.2, 0.25) is 0 Å². The number of amides is 2. The van der Waals surface area contributed by atoms with E-state index in [9.17, 15) is 14.4 Å². The molecule has 1 aromatic carbocycles. The molecule has 0 aliphatic carbocycles. The van der Waals surface area contributed by atoms with Gasteiger partial charge in [-0.25, -0.2) is 0 Å². The Morgan fingerprint density at radius 2 is 1.86 bits per heavy atom. The molecule has 1 saturated heterocycles. The highest BCUT2D eigenvalue weighted by molar-refractivity contribution is 5.98. The number of Topliss-reactive ketones (excluding diaryl/α,β-unsaturated/α-hetero) is 1. The van der Waals surface area contributed by atoms with Gasteiger partial charge in [0.25, 0.3) is 0 Å². The first kappa shape index (κ1) is 15.2. The largest absolute Gasteiger partial charge is 0.339 e. The summed E-state index contributed by atoms with van der Waals surface area (Å²) in [5, 5.41) is 2.80. The Morgan fingerprint density at radius 1 is 1.24 bits per heavy atom. The number of anilines is 1. The lowest BCUT2D eigenvalue weighted by atomic mass is 10.1. The van der Waals surface area contributed by atoms with Crippen molar-refractivity contribution >= 4 is 23.3 Å². The van der Waals surface area contributed by atoms with E-state index in [1.807, 2.05) is 13.8 Å². The van der Waals surface area contributed by atoms with Crippen molar-refractivity contribution in [2.75, 3.05) is 11.9 Å². The second-order valence-corrected chi connectivity index (χ2v) is 5.66. The molecule has 2 rings (SSSR count). The first-order valence-electron chi connectivity index (χ1n) is 7.10. The molecule has 1 aliphatic rings. The third-order valence-electron chi connectivity index (χ3n) is 3.71. The highest BCUT2D eigenvalue weighted by Crippen LogP contribution is 2.22. The van der Waals surface area contributed by atoms with Crippen molar-refractivity contribution in [3.05, 3.63) is 29.8 Å². The Bertz CT molecular complexity index is 563. The molecule has 21 heavy (non-hydrogen) atoms. The first-order chi connectivity index (χ1) is 9.88. The summed E-state index contributed by atoms with van der Waals surface area (Å²) in [7, 11) is 0. The minimum atomic E-state index is -0.313. The SMILES string of the molecule is CC(=O)c1ccc(NC(=O)[C@H]2CC(=O)N(C(C)C)C2)cc1. The lowest BCUT2D eigenvalue weighted by molar-refractivity contribution is -0.129. The Labute approximate surface area is 124 Å². The number of rotatable bonds is 4. The van der Waals surface area contributed by atoms with Crippen molar-refractivity contribution in [2.45, 2.75) is 33.2 Å². The van der Waals surface area contributed by atoms with E-state index in [0.717, 1.165) is 0 Å². The van der Waals surface area contributed by atoms with E-state index in [2.05, 4.69) is 5.32 Å². The number of benzene rings is 1. The molecule has 112 valence electrons. The van der Waals surface area contributed by atoms with E-state index in [1.165, 1.54) is 6.92 Å². The lowest BCUT2D eigenvalue weighted by Crippen LogP contribution is -2.33. The van der Waals surface area contributed by atoms with Crippen molar-refractivity contribution < 1.29 is 14.4 Å². The minimum Gasteiger partial charge on any atom is -0.339 e. The average molecular weight is 288 g/mol. The van der Waals surface area contributed by atoms with Crippen molar-refractivity contribution in [3.8, 4) is 0 Å². The summed E-state index contributed by atoms with van der Waals surface area (Å²) in [6.07, 6.45) is 0.259.